The van der Waals surface area contributed by atoms with Gasteiger partial charge in [0.15, 0.2) is 17.3 Å². The number of amides is 1. The van der Waals surface area contributed by atoms with Crippen LogP contribution in [0.4, 0.5) is 0 Å². The molecule has 0 aliphatic heterocycles. The molecule has 0 aliphatic rings. The molecular formula is C23H19Cl2N5O3. The van der Waals surface area contributed by atoms with Crippen LogP contribution in [-0.2, 0) is 6.54 Å². The maximum atomic E-state index is 12.8. The Kier molecular flexibility index (Phi) is 6.76. The Balaban J connectivity index is 1.50. The lowest BCUT2D eigenvalue weighted by atomic mass is 10.0. The van der Waals surface area contributed by atoms with Crippen LogP contribution >= 0.6 is 23.2 Å². The van der Waals surface area contributed by atoms with Gasteiger partial charge in [0.05, 0.1) is 37.5 Å². The molecule has 1 amide bonds. The summed E-state index contributed by atoms with van der Waals surface area (Å²) in [5.74, 6) is 1.40. The highest BCUT2D eigenvalue weighted by Gasteiger charge is 2.14. The van der Waals surface area contributed by atoms with E-state index in [1.165, 1.54) is 4.68 Å². The summed E-state index contributed by atoms with van der Waals surface area (Å²) in [7, 11) is 3.15. The molecule has 2 aromatic heterocycles. The first kappa shape index (κ1) is 22.6. The van der Waals surface area contributed by atoms with Crippen LogP contribution in [0.2, 0.25) is 10.0 Å². The zero-order chi connectivity index (χ0) is 23.4. The van der Waals surface area contributed by atoms with E-state index in [1.54, 1.807) is 56.9 Å². The van der Waals surface area contributed by atoms with Crippen LogP contribution in [-0.4, -0.2) is 40.1 Å². The molecule has 0 aliphatic carbocycles. The number of aromatic nitrogens is 4. The molecule has 0 bridgehead atoms. The van der Waals surface area contributed by atoms with Gasteiger partial charge in [0.2, 0.25) is 0 Å². The van der Waals surface area contributed by atoms with Crippen LogP contribution in [0.25, 0.3) is 16.9 Å². The Morgan fingerprint density at radius 3 is 2.52 bits per heavy atom. The molecule has 168 valence electrons. The van der Waals surface area contributed by atoms with Gasteiger partial charge in [-0.05, 0) is 41.5 Å². The summed E-state index contributed by atoms with van der Waals surface area (Å²) in [6.45, 7) is 0.163. The summed E-state index contributed by atoms with van der Waals surface area (Å²) in [6.07, 6.45) is 3.24. The van der Waals surface area contributed by atoms with E-state index in [1.807, 2.05) is 18.2 Å². The smallest absolute Gasteiger partial charge is 0.253 e. The minimum absolute atomic E-state index is 0.163. The highest BCUT2D eigenvalue weighted by Crippen LogP contribution is 2.33. The zero-order valence-electron chi connectivity index (χ0n) is 17.8. The van der Waals surface area contributed by atoms with E-state index >= 15 is 0 Å². The van der Waals surface area contributed by atoms with Crippen LogP contribution in [0.15, 0.2) is 60.9 Å². The van der Waals surface area contributed by atoms with Gasteiger partial charge < -0.3 is 14.8 Å². The molecule has 0 saturated carbocycles. The number of nitrogens with one attached hydrogen (secondary N) is 1. The van der Waals surface area contributed by atoms with Crippen molar-refractivity contribution in [3.63, 3.8) is 0 Å². The number of hydrogen-bond donors (Lipinski definition) is 1. The molecule has 0 fully saturated rings. The van der Waals surface area contributed by atoms with Gasteiger partial charge >= 0.3 is 0 Å². The van der Waals surface area contributed by atoms with Gasteiger partial charge in [-0.2, -0.15) is 0 Å². The SMILES string of the molecule is COc1ccc(-c2ccc(Cl)c(C(=O)NCc3cn(-c4cc(Cl)ccn4)nn3)c2)cc1OC. The van der Waals surface area contributed by atoms with Crippen molar-refractivity contribution in [3.8, 4) is 28.4 Å². The first-order chi connectivity index (χ1) is 16.0. The first-order valence-electron chi connectivity index (χ1n) is 9.82. The number of halogens is 2. The number of benzene rings is 2. The second kappa shape index (κ2) is 9.89. The lowest BCUT2D eigenvalue weighted by Gasteiger charge is -2.11. The van der Waals surface area contributed by atoms with Crippen LogP contribution < -0.4 is 14.8 Å². The average Bonchev–Trinajstić information content (AvgIpc) is 3.31. The third kappa shape index (κ3) is 5.08. The summed E-state index contributed by atoms with van der Waals surface area (Å²) in [4.78, 5) is 17.0. The minimum Gasteiger partial charge on any atom is -0.493 e. The molecule has 10 heteroatoms. The Morgan fingerprint density at radius 1 is 1.00 bits per heavy atom. The van der Waals surface area contributed by atoms with Gasteiger partial charge in [-0.3, -0.25) is 4.79 Å². The summed E-state index contributed by atoms with van der Waals surface area (Å²) in [6, 6.07) is 14.1. The molecule has 0 unspecified atom stereocenters. The molecule has 0 saturated heterocycles. The minimum atomic E-state index is -0.335. The molecule has 2 heterocycles. The van der Waals surface area contributed by atoms with Crippen molar-refractivity contribution in [2.45, 2.75) is 6.54 Å². The lowest BCUT2D eigenvalue weighted by Crippen LogP contribution is -2.23. The highest BCUT2D eigenvalue weighted by molar-refractivity contribution is 6.34. The number of hydrogen-bond acceptors (Lipinski definition) is 6. The number of ether oxygens (including phenoxy) is 2. The van der Waals surface area contributed by atoms with Gasteiger partial charge in [0, 0.05) is 17.3 Å². The highest BCUT2D eigenvalue weighted by atomic mass is 35.5. The third-order valence-corrected chi connectivity index (χ3v) is 5.41. The summed E-state index contributed by atoms with van der Waals surface area (Å²) >= 11 is 12.3. The molecular weight excluding hydrogens is 465 g/mol. The predicted octanol–water partition coefficient (Wildman–Crippen LogP) is 4.58. The molecule has 2 aromatic carbocycles. The van der Waals surface area contributed by atoms with Gasteiger partial charge in [-0.15, -0.1) is 5.10 Å². The topological polar surface area (TPSA) is 91.2 Å². The monoisotopic (exact) mass is 483 g/mol. The van der Waals surface area contributed by atoms with E-state index in [-0.39, 0.29) is 12.5 Å². The Labute approximate surface area is 200 Å². The Morgan fingerprint density at radius 2 is 1.76 bits per heavy atom. The van der Waals surface area contributed by atoms with Gasteiger partial charge in [-0.1, -0.05) is 40.5 Å². The molecule has 4 aromatic rings. The largest absolute Gasteiger partial charge is 0.493 e. The number of nitrogens with zero attached hydrogens (tertiary/aromatic N) is 4. The maximum Gasteiger partial charge on any atom is 0.253 e. The number of pyridine rings is 1. The molecule has 33 heavy (non-hydrogen) atoms. The van der Waals surface area contributed by atoms with E-state index in [2.05, 4.69) is 20.6 Å². The van der Waals surface area contributed by atoms with E-state index in [9.17, 15) is 4.79 Å². The fraction of sp³-hybridized carbons (Fsp3) is 0.130. The number of carbonyl (C=O) groups is 1. The number of rotatable bonds is 7. The van der Waals surface area contributed by atoms with Crippen LogP contribution in [0, 0.1) is 0 Å². The van der Waals surface area contributed by atoms with Crippen LogP contribution in [0.1, 0.15) is 16.1 Å². The quantitative estimate of drug-likeness (QED) is 0.413. The normalized spacial score (nSPS) is 10.7. The lowest BCUT2D eigenvalue weighted by molar-refractivity contribution is 0.0950. The van der Waals surface area contributed by atoms with Crippen molar-refractivity contribution in [2.24, 2.45) is 0 Å². The van der Waals surface area contributed by atoms with Crippen LogP contribution in [0.5, 0.6) is 11.5 Å². The number of carbonyl (C=O) groups excluding carboxylic acids is 1. The van der Waals surface area contributed by atoms with Crippen molar-refractivity contribution in [3.05, 3.63) is 82.2 Å². The van der Waals surface area contributed by atoms with Crippen molar-refractivity contribution in [2.75, 3.05) is 14.2 Å². The van der Waals surface area contributed by atoms with Crippen LogP contribution in [0.3, 0.4) is 0 Å². The van der Waals surface area contributed by atoms with Crippen molar-refractivity contribution in [1.82, 2.24) is 25.3 Å². The molecule has 0 spiro atoms. The fourth-order valence-corrected chi connectivity index (χ4v) is 3.53. The second-order valence-corrected chi connectivity index (χ2v) is 7.78. The summed E-state index contributed by atoms with van der Waals surface area (Å²) in [5, 5.41) is 11.8. The average molecular weight is 484 g/mol. The van der Waals surface area contributed by atoms with E-state index in [0.29, 0.717) is 38.6 Å². The van der Waals surface area contributed by atoms with E-state index in [0.717, 1.165) is 11.1 Å². The number of methoxy groups -OCH3 is 2. The molecule has 0 atom stereocenters. The third-order valence-electron chi connectivity index (χ3n) is 4.84. The van der Waals surface area contributed by atoms with Gasteiger partial charge in [-0.25, -0.2) is 9.67 Å². The fourth-order valence-electron chi connectivity index (χ4n) is 3.17. The summed E-state index contributed by atoms with van der Waals surface area (Å²) < 4.78 is 12.1. The summed E-state index contributed by atoms with van der Waals surface area (Å²) in [5.41, 5.74) is 2.56. The second-order valence-electron chi connectivity index (χ2n) is 6.93. The van der Waals surface area contributed by atoms with E-state index < -0.39 is 0 Å². The van der Waals surface area contributed by atoms with E-state index in [4.69, 9.17) is 32.7 Å². The van der Waals surface area contributed by atoms with Crippen molar-refractivity contribution >= 4 is 29.1 Å². The molecule has 4 rings (SSSR count). The Hall–Kier alpha value is -3.62. The van der Waals surface area contributed by atoms with Gasteiger partial charge in [0.25, 0.3) is 5.91 Å². The first-order valence-corrected chi connectivity index (χ1v) is 10.6. The van der Waals surface area contributed by atoms with Crippen molar-refractivity contribution in [1.29, 1.82) is 0 Å². The molecule has 8 nitrogen and oxygen atoms in total. The van der Waals surface area contributed by atoms with Crippen molar-refractivity contribution < 1.29 is 14.3 Å². The maximum absolute atomic E-state index is 12.8. The predicted molar refractivity (Wildman–Crippen MR) is 125 cm³/mol. The standard InChI is InChI=1S/C23H19Cl2N5O3/c1-32-20-6-4-15(10-21(20)33-2)14-3-5-19(25)18(9-14)23(31)27-12-17-13-30(29-28-17)22-11-16(24)7-8-26-22/h3-11,13H,12H2,1-2H3,(H,27,31). The molecule has 0 radical (unpaired) electrons. The molecule has 1 N–H and O–H groups in total. The zero-order valence-corrected chi connectivity index (χ0v) is 19.3. The van der Waals surface area contributed by atoms with Gasteiger partial charge in [0.1, 0.15) is 5.69 Å². The Bertz CT molecular complexity index is 1310.